The summed E-state index contributed by atoms with van der Waals surface area (Å²) >= 11 is 0. The predicted octanol–water partition coefficient (Wildman–Crippen LogP) is 2.47. The van der Waals surface area contributed by atoms with E-state index in [1.807, 2.05) is 0 Å². The lowest BCUT2D eigenvalue weighted by atomic mass is 10.1. The third-order valence-electron chi connectivity index (χ3n) is 3.91. The second-order valence-electron chi connectivity index (χ2n) is 5.30. The second kappa shape index (κ2) is 6.03. The van der Waals surface area contributed by atoms with E-state index in [1.54, 1.807) is 0 Å². The van der Waals surface area contributed by atoms with Gasteiger partial charge in [-0.2, -0.15) is 0 Å². The zero-order valence-electron chi connectivity index (χ0n) is 12.7. The molecule has 0 aliphatic carbocycles. The summed E-state index contributed by atoms with van der Waals surface area (Å²) in [7, 11) is 1.30. The molecule has 0 radical (unpaired) electrons. The summed E-state index contributed by atoms with van der Waals surface area (Å²) in [6.07, 6.45) is 1.16. The van der Waals surface area contributed by atoms with E-state index in [9.17, 15) is 22.8 Å². The first-order valence-corrected chi connectivity index (χ1v) is 7.19. The van der Waals surface area contributed by atoms with Crippen LogP contribution in [-0.4, -0.2) is 17.6 Å². The number of benzene rings is 1. The van der Waals surface area contributed by atoms with Crippen molar-refractivity contribution in [3.63, 3.8) is 0 Å². The Balaban J connectivity index is 2.04. The van der Waals surface area contributed by atoms with Crippen molar-refractivity contribution in [1.29, 1.82) is 0 Å². The Morgan fingerprint density at radius 1 is 1.25 bits per heavy atom. The smallest absolute Gasteiger partial charge is 0.261 e. The predicted molar refractivity (Wildman–Crippen MR) is 79.8 cm³/mol. The second-order valence-corrected chi connectivity index (χ2v) is 5.30. The molecule has 0 bridgehead atoms. The van der Waals surface area contributed by atoms with Crippen LogP contribution < -0.4 is 15.6 Å². The quantitative estimate of drug-likeness (QED) is 0.875. The van der Waals surface area contributed by atoms with Crippen LogP contribution in [0.25, 0.3) is 0 Å². The summed E-state index contributed by atoms with van der Waals surface area (Å²) in [4.78, 5) is 24.5. The maximum atomic E-state index is 13.7. The number of hydrogen-bond donors (Lipinski definition) is 1. The summed E-state index contributed by atoms with van der Waals surface area (Å²) < 4.78 is 46.5. The number of halogens is 3. The van der Waals surface area contributed by atoms with E-state index in [4.69, 9.17) is 4.74 Å². The Kier molecular flexibility index (Phi) is 4.04. The molecule has 1 aromatic carbocycles. The zero-order chi connectivity index (χ0) is 17.4. The molecule has 0 saturated carbocycles. The summed E-state index contributed by atoms with van der Waals surface area (Å²) in [6.45, 7) is 0.470. The molecule has 1 N–H and O–H groups in total. The number of fused-ring (bicyclic) bond motifs is 1. The van der Waals surface area contributed by atoms with Gasteiger partial charge in [-0.25, -0.2) is 13.2 Å². The fraction of sp³-hybridized carbons (Fsp3) is 0.250. The molecule has 1 aliphatic heterocycles. The molecule has 3 rings (SSSR count). The number of amides is 1. The Bertz CT molecular complexity index is 893. The van der Waals surface area contributed by atoms with Crippen LogP contribution in [-0.2, 0) is 13.0 Å². The number of aromatic nitrogens is 1. The van der Waals surface area contributed by atoms with Crippen molar-refractivity contribution < 1.29 is 22.7 Å². The van der Waals surface area contributed by atoms with Crippen molar-refractivity contribution >= 4 is 11.6 Å². The number of carbonyl (C=O) groups excluding carboxylic acids is 1. The molecular weight excluding hydrogens is 325 g/mol. The standard InChI is InChI=1S/C16H13F3N2O3/c1-24-11-7-12(22)21-6-2-3-10(21)13(11)16(23)20-9-5-4-8(17)14(18)15(9)19/h4-5,7H,2-3,6H2,1H3,(H,20,23). The Morgan fingerprint density at radius 2 is 2.00 bits per heavy atom. The number of nitrogens with one attached hydrogen (secondary N) is 1. The fourth-order valence-corrected chi connectivity index (χ4v) is 2.79. The maximum absolute atomic E-state index is 13.7. The number of hydrogen-bond acceptors (Lipinski definition) is 3. The highest BCUT2D eigenvalue weighted by molar-refractivity contribution is 6.07. The molecular formula is C16H13F3N2O3. The van der Waals surface area contributed by atoms with Gasteiger partial charge >= 0.3 is 0 Å². The maximum Gasteiger partial charge on any atom is 0.261 e. The molecule has 5 nitrogen and oxygen atoms in total. The van der Waals surface area contributed by atoms with Crippen molar-refractivity contribution in [2.75, 3.05) is 12.4 Å². The van der Waals surface area contributed by atoms with Crippen LogP contribution in [0, 0.1) is 17.5 Å². The fourth-order valence-electron chi connectivity index (χ4n) is 2.79. The highest BCUT2D eigenvalue weighted by Crippen LogP contribution is 2.27. The number of methoxy groups -OCH3 is 1. The average Bonchev–Trinajstić information content (AvgIpc) is 3.05. The van der Waals surface area contributed by atoms with E-state index in [0.29, 0.717) is 31.1 Å². The molecule has 0 spiro atoms. The van der Waals surface area contributed by atoms with E-state index in [0.717, 1.165) is 6.07 Å². The van der Waals surface area contributed by atoms with Gasteiger partial charge in [0.25, 0.3) is 11.5 Å². The Labute approximate surface area is 134 Å². The topological polar surface area (TPSA) is 60.3 Å². The minimum Gasteiger partial charge on any atom is -0.496 e. The monoisotopic (exact) mass is 338 g/mol. The average molecular weight is 338 g/mol. The van der Waals surface area contributed by atoms with Gasteiger partial charge in [0.2, 0.25) is 0 Å². The number of carbonyl (C=O) groups is 1. The molecule has 126 valence electrons. The lowest BCUT2D eigenvalue weighted by Gasteiger charge is -2.14. The van der Waals surface area contributed by atoms with E-state index in [-0.39, 0.29) is 16.9 Å². The molecule has 0 atom stereocenters. The molecule has 2 aromatic rings. The van der Waals surface area contributed by atoms with Crippen molar-refractivity contribution in [1.82, 2.24) is 4.57 Å². The van der Waals surface area contributed by atoms with Gasteiger partial charge in [0, 0.05) is 18.3 Å². The van der Waals surface area contributed by atoms with Gasteiger partial charge < -0.3 is 14.6 Å². The number of pyridine rings is 1. The number of nitrogens with zero attached hydrogens (tertiary/aromatic N) is 1. The SMILES string of the molecule is COc1cc(=O)n2c(c1C(=O)Nc1ccc(F)c(F)c1F)CCC2. The zero-order valence-corrected chi connectivity index (χ0v) is 12.7. The van der Waals surface area contributed by atoms with Crippen LogP contribution in [0.5, 0.6) is 5.75 Å². The van der Waals surface area contributed by atoms with Gasteiger partial charge in [0.1, 0.15) is 11.3 Å². The molecule has 0 fully saturated rings. The van der Waals surface area contributed by atoms with Crippen LogP contribution >= 0.6 is 0 Å². The van der Waals surface area contributed by atoms with Crippen LogP contribution in [0.2, 0.25) is 0 Å². The van der Waals surface area contributed by atoms with E-state index in [2.05, 4.69) is 5.32 Å². The lowest BCUT2D eigenvalue weighted by molar-refractivity contribution is 0.102. The van der Waals surface area contributed by atoms with Crippen molar-refractivity contribution in [2.45, 2.75) is 19.4 Å². The highest BCUT2D eigenvalue weighted by atomic mass is 19.2. The minimum atomic E-state index is -1.67. The number of anilines is 1. The summed E-state index contributed by atoms with van der Waals surface area (Å²) in [5.41, 5.74) is -0.239. The van der Waals surface area contributed by atoms with Crippen LogP contribution in [0.4, 0.5) is 18.9 Å². The van der Waals surface area contributed by atoms with Crippen LogP contribution in [0.3, 0.4) is 0 Å². The first kappa shape index (κ1) is 16.1. The molecule has 0 unspecified atom stereocenters. The third kappa shape index (κ3) is 2.53. The number of ether oxygens (including phenoxy) is 1. The molecule has 1 aromatic heterocycles. The lowest BCUT2D eigenvalue weighted by Crippen LogP contribution is -2.25. The molecule has 1 aliphatic rings. The van der Waals surface area contributed by atoms with Crippen molar-refractivity contribution in [2.24, 2.45) is 0 Å². The Morgan fingerprint density at radius 3 is 2.71 bits per heavy atom. The van der Waals surface area contributed by atoms with Gasteiger partial charge in [-0.1, -0.05) is 0 Å². The molecule has 0 saturated heterocycles. The van der Waals surface area contributed by atoms with Gasteiger partial charge in [-0.3, -0.25) is 9.59 Å². The molecule has 2 heterocycles. The summed E-state index contributed by atoms with van der Waals surface area (Å²) in [5, 5.41) is 2.20. The summed E-state index contributed by atoms with van der Waals surface area (Å²) in [6, 6.07) is 2.81. The van der Waals surface area contributed by atoms with Gasteiger partial charge in [0.15, 0.2) is 17.5 Å². The van der Waals surface area contributed by atoms with E-state index in [1.165, 1.54) is 17.7 Å². The van der Waals surface area contributed by atoms with E-state index < -0.39 is 29.0 Å². The minimum absolute atomic E-state index is 0.0497. The number of rotatable bonds is 3. The first-order chi connectivity index (χ1) is 11.4. The Hall–Kier alpha value is -2.77. The van der Waals surface area contributed by atoms with Crippen LogP contribution in [0.1, 0.15) is 22.5 Å². The normalized spacial score (nSPS) is 12.8. The van der Waals surface area contributed by atoms with Crippen LogP contribution in [0.15, 0.2) is 23.0 Å². The molecule has 24 heavy (non-hydrogen) atoms. The molecule has 8 heteroatoms. The van der Waals surface area contributed by atoms with Crippen molar-refractivity contribution in [3.8, 4) is 5.75 Å². The van der Waals surface area contributed by atoms with Gasteiger partial charge in [0.05, 0.1) is 12.8 Å². The van der Waals surface area contributed by atoms with E-state index >= 15 is 0 Å². The first-order valence-electron chi connectivity index (χ1n) is 7.19. The van der Waals surface area contributed by atoms with Gasteiger partial charge in [-0.15, -0.1) is 0 Å². The van der Waals surface area contributed by atoms with Crippen molar-refractivity contribution in [3.05, 3.63) is 57.3 Å². The highest BCUT2D eigenvalue weighted by Gasteiger charge is 2.26. The van der Waals surface area contributed by atoms with Gasteiger partial charge in [-0.05, 0) is 25.0 Å². The third-order valence-corrected chi connectivity index (χ3v) is 3.91. The summed E-state index contributed by atoms with van der Waals surface area (Å²) in [5.74, 6) is -5.23. The largest absolute Gasteiger partial charge is 0.496 e. The molecule has 1 amide bonds.